The Morgan fingerprint density at radius 1 is 1.03 bits per heavy atom. The molecule has 0 saturated carbocycles. The maximum Gasteiger partial charge on any atom is 0.229 e. The molecule has 1 aromatic heterocycles. The van der Waals surface area contributed by atoms with Crippen LogP contribution in [0.15, 0.2) is 35.3 Å². The van der Waals surface area contributed by atoms with E-state index in [1.165, 1.54) is 5.69 Å². The second-order valence-corrected chi connectivity index (χ2v) is 9.85. The fourth-order valence-electron chi connectivity index (χ4n) is 4.35. The quantitative estimate of drug-likeness (QED) is 0.253. The molecule has 2 aliphatic rings. The summed E-state index contributed by atoms with van der Waals surface area (Å²) in [7, 11) is 0. The molecule has 0 aliphatic carbocycles. The van der Waals surface area contributed by atoms with E-state index in [4.69, 9.17) is 33.5 Å². The van der Waals surface area contributed by atoms with Crippen LogP contribution in [0.4, 0.5) is 11.6 Å². The van der Waals surface area contributed by atoms with Crippen molar-refractivity contribution in [3.63, 3.8) is 0 Å². The van der Waals surface area contributed by atoms with Gasteiger partial charge in [0.05, 0.1) is 13.2 Å². The number of hydrogen-bond acceptors (Lipinski definition) is 6. The molecule has 0 bridgehead atoms. The van der Waals surface area contributed by atoms with E-state index in [9.17, 15) is 0 Å². The molecule has 2 fully saturated rings. The molecule has 2 aliphatic heterocycles. The summed E-state index contributed by atoms with van der Waals surface area (Å²) in [6, 6.07) is 9.93. The Morgan fingerprint density at radius 2 is 1.69 bits per heavy atom. The number of morpholine rings is 1. The molecule has 194 valence electrons. The number of halogens is 1. The monoisotopic (exact) mass is 530 g/mol. The number of ether oxygens (including phenoxy) is 1. The number of nitrogens with zero attached hydrogens (tertiary/aromatic N) is 6. The van der Waals surface area contributed by atoms with Gasteiger partial charge in [-0.25, -0.2) is 9.97 Å². The molecule has 9 nitrogen and oxygen atoms in total. The molecule has 0 unspecified atom stereocenters. The van der Waals surface area contributed by atoms with Gasteiger partial charge in [0.1, 0.15) is 0 Å². The number of aliphatic imine (C=N–C) groups is 1. The van der Waals surface area contributed by atoms with E-state index < -0.39 is 0 Å². The van der Waals surface area contributed by atoms with Crippen LogP contribution in [0.1, 0.15) is 17.8 Å². The molecule has 11 heteroatoms. The minimum Gasteiger partial charge on any atom is -0.379 e. The van der Waals surface area contributed by atoms with Crippen LogP contribution in [0.3, 0.4) is 0 Å². The van der Waals surface area contributed by atoms with Crippen LogP contribution >= 0.6 is 23.8 Å². The molecule has 2 aromatic rings. The standard InChI is InChI=1S/C25H35ClN8OS/c1-19-18-20(2)29-23(28-19)30-24(31-25(36)27-8-3-9-32-14-16-35-17-15-32)34-12-10-33(11-13-34)22-6-4-21(26)5-7-22/h4-7,18H,3,8-17H2,1-2H3,(H2,27,28,29,30,31,36). The Labute approximate surface area is 223 Å². The Hall–Kier alpha value is -2.53. The first-order valence-electron chi connectivity index (χ1n) is 12.5. The van der Waals surface area contributed by atoms with Gasteiger partial charge < -0.3 is 19.9 Å². The van der Waals surface area contributed by atoms with Gasteiger partial charge in [0.15, 0.2) is 5.11 Å². The van der Waals surface area contributed by atoms with Crippen LogP contribution in [0.25, 0.3) is 0 Å². The van der Waals surface area contributed by atoms with Crippen LogP contribution in [0.5, 0.6) is 0 Å². The zero-order valence-electron chi connectivity index (χ0n) is 21.0. The highest BCUT2D eigenvalue weighted by molar-refractivity contribution is 7.80. The van der Waals surface area contributed by atoms with Gasteiger partial charge in [0, 0.05) is 67.9 Å². The van der Waals surface area contributed by atoms with Gasteiger partial charge in [0.2, 0.25) is 11.9 Å². The fraction of sp³-hybridized carbons (Fsp3) is 0.520. The maximum atomic E-state index is 6.06. The van der Waals surface area contributed by atoms with E-state index in [0.29, 0.717) is 17.0 Å². The number of piperazine rings is 1. The van der Waals surface area contributed by atoms with Crippen molar-refractivity contribution < 1.29 is 4.74 Å². The first-order chi connectivity index (χ1) is 17.5. The second kappa shape index (κ2) is 13.1. The average Bonchev–Trinajstić information content (AvgIpc) is 2.87. The highest BCUT2D eigenvalue weighted by Gasteiger charge is 2.22. The predicted octanol–water partition coefficient (Wildman–Crippen LogP) is 2.93. The van der Waals surface area contributed by atoms with Crippen molar-refractivity contribution in [2.45, 2.75) is 20.3 Å². The third kappa shape index (κ3) is 7.99. The van der Waals surface area contributed by atoms with Crippen molar-refractivity contribution in [3.05, 3.63) is 46.7 Å². The molecule has 36 heavy (non-hydrogen) atoms. The molecular weight excluding hydrogens is 496 g/mol. The third-order valence-electron chi connectivity index (χ3n) is 6.22. The van der Waals surface area contributed by atoms with E-state index in [-0.39, 0.29) is 0 Å². The molecule has 0 spiro atoms. The Bertz CT molecular complexity index is 1020. The van der Waals surface area contributed by atoms with Crippen molar-refractivity contribution in [2.75, 3.05) is 75.8 Å². The summed E-state index contributed by atoms with van der Waals surface area (Å²) in [5.41, 5.74) is 2.97. The van der Waals surface area contributed by atoms with Crippen molar-refractivity contribution in [1.29, 1.82) is 0 Å². The number of aryl methyl sites for hydroxylation is 2. The number of rotatable bonds is 6. The summed E-state index contributed by atoms with van der Waals surface area (Å²) in [5.74, 6) is 1.20. The highest BCUT2D eigenvalue weighted by atomic mass is 35.5. The number of hydrogen-bond donors (Lipinski definition) is 2. The molecule has 0 atom stereocenters. The van der Waals surface area contributed by atoms with E-state index in [2.05, 4.69) is 47.4 Å². The summed E-state index contributed by atoms with van der Waals surface area (Å²) in [4.78, 5) is 20.8. The Kier molecular flexibility index (Phi) is 9.68. The second-order valence-electron chi connectivity index (χ2n) is 9.02. The first-order valence-corrected chi connectivity index (χ1v) is 13.3. The summed E-state index contributed by atoms with van der Waals surface area (Å²) >= 11 is 11.6. The number of thiocarbonyl (C=S) groups is 1. The van der Waals surface area contributed by atoms with Gasteiger partial charge in [0.25, 0.3) is 0 Å². The predicted molar refractivity (Wildman–Crippen MR) is 150 cm³/mol. The van der Waals surface area contributed by atoms with Gasteiger partial charge in [-0.3, -0.25) is 10.2 Å². The molecule has 2 saturated heterocycles. The van der Waals surface area contributed by atoms with Gasteiger partial charge in [-0.1, -0.05) is 11.6 Å². The summed E-state index contributed by atoms with van der Waals surface area (Å²) in [5, 5.41) is 7.84. The number of anilines is 2. The topological polar surface area (TPSA) is 81.1 Å². The fourth-order valence-corrected chi connectivity index (χ4v) is 4.66. The molecule has 3 heterocycles. The van der Waals surface area contributed by atoms with Gasteiger partial charge in [-0.05, 0) is 69.4 Å². The Morgan fingerprint density at radius 3 is 2.36 bits per heavy atom. The minimum absolute atomic E-state index is 0.462. The molecular formula is C25H35ClN8OS. The zero-order valence-corrected chi connectivity index (χ0v) is 22.6. The van der Waals surface area contributed by atoms with Crippen molar-refractivity contribution in [1.82, 2.24) is 25.1 Å². The lowest BCUT2D eigenvalue weighted by atomic mass is 10.2. The summed E-state index contributed by atoms with van der Waals surface area (Å²) in [6.07, 6.45) is 0.998. The van der Waals surface area contributed by atoms with Crippen molar-refractivity contribution >= 4 is 46.5 Å². The number of benzene rings is 1. The van der Waals surface area contributed by atoms with Crippen LogP contribution in [0, 0.1) is 13.8 Å². The normalized spacial score (nSPS) is 17.2. The maximum absolute atomic E-state index is 6.06. The summed E-state index contributed by atoms with van der Waals surface area (Å²) in [6.45, 7) is 12.6. The molecule has 0 amide bonds. The zero-order chi connectivity index (χ0) is 25.3. The lowest BCUT2D eigenvalue weighted by molar-refractivity contribution is 0.0376. The van der Waals surface area contributed by atoms with E-state index in [0.717, 1.165) is 88.4 Å². The molecule has 1 aromatic carbocycles. The van der Waals surface area contributed by atoms with E-state index >= 15 is 0 Å². The molecule has 4 rings (SSSR count). The smallest absolute Gasteiger partial charge is 0.229 e. The van der Waals surface area contributed by atoms with Gasteiger partial charge in [-0.15, -0.1) is 0 Å². The number of guanidine groups is 1. The Balaban J connectivity index is 1.38. The molecule has 0 radical (unpaired) electrons. The highest BCUT2D eigenvalue weighted by Crippen LogP contribution is 2.20. The number of nitrogens with one attached hydrogen (secondary N) is 2. The van der Waals surface area contributed by atoms with E-state index in [1.807, 2.05) is 32.0 Å². The summed E-state index contributed by atoms with van der Waals surface area (Å²) < 4.78 is 5.42. The lowest BCUT2D eigenvalue weighted by Crippen LogP contribution is -2.51. The van der Waals surface area contributed by atoms with E-state index in [1.54, 1.807) is 0 Å². The molecule has 2 N–H and O–H groups in total. The van der Waals surface area contributed by atoms with Crippen molar-refractivity contribution in [3.8, 4) is 0 Å². The van der Waals surface area contributed by atoms with Crippen LogP contribution in [-0.4, -0.2) is 96.4 Å². The third-order valence-corrected chi connectivity index (χ3v) is 6.70. The van der Waals surface area contributed by atoms with Crippen LogP contribution in [0.2, 0.25) is 5.02 Å². The largest absolute Gasteiger partial charge is 0.379 e. The lowest BCUT2D eigenvalue weighted by Gasteiger charge is -2.37. The van der Waals surface area contributed by atoms with Gasteiger partial charge >= 0.3 is 0 Å². The number of aromatic nitrogens is 2. The van der Waals surface area contributed by atoms with Crippen LogP contribution < -0.4 is 15.5 Å². The minimum atomic E-state index is 0.462. The van der Waals surface area contributed by atoms with Crippen molar-refractivity contribution in [2.24, 2.45) is 4.99 Å². The first kappa shape index (κ1) is 26.5. The van der Waals surface area contributed by atoms with Gasteiger partial charge in [-0.2, -0.15) is 4.99 Å². The average molecular weight is 531 g/mol. The van der Waals surface area contributed by atoms with Crippen LogP contribution in [-0.2, 0) is 4.74 Å². The SMILES string of the molecule is Cc1cc(C)nc(N/C(=N/C(=S)NCCCN2CCOCC2)N2CCN(c3ccc(Cl)cc3)CC2)n1.